The lowest BCUT2D eigenvalue weighted by atomic mass is 10.1. The van der Waals surface area contributed by atoms with Gasteiger partial charge in [0.2, 0.25) is 0 Å². The molecule has 0 aromatic heterocycles. The molecule has 21 heavy (non-hydrogen) atoms. The van der Waals surface area contributed by atoms with Crippen LogP contribution < -0.4 is 10.6 Å². The Hall–Kier alpha value is -0.580. The highest BCUT2D eigenvalue weighted by atomic mass is 79.9. The summed E-state index contributed by atoms with van der Waals surface area (Å²) in [6.45, 7) is 6.97. The van der Waals surface area contributed by atoms with Gasteiger partial charge in [-0.25, -0.2) is 0 Å². The minimum Gasteiger partial charge on any atom is -0.370 e. The molecule has 2 N–H and O–H groups in total. The number of rotatable bonds is 3. The maximum Gasteiger partial charge on any atom is 0.0378 e. The number of benzene rings is 1. The van der Waals surface area contributed by atoms with Crippen molar-refractivity contribution in [3.05, 3.63) is 28.2 Å². The van der Waals surface area contributed by atoms with E-state index in [0.29, 0.717) is 0 Å². The van der Waals surface area contributed by atoms with Crippen molar-refractivity contribution in [1.82, 2.24) is 4.90 Å². The van der Waals surface area contributed by atoms with Crippen LogP contribution in [0.5, 0.6) is 0 Å². The SMILES string of the molecule is C[C@@H](N)c1ccc(N2CCC(N3CCCCC3)C2)cc1Br. The lowest BCUT2D eigenvalue weighted by Crippen LogP contribution is -2.40. The molecule has 2 saturated heterocycles. The number of likely N-dealkylation sites (tertiary alicyclic amines) is 1. The quantitative estimate of drug-likeness (QED) is 0.903. The molecule has 0 bridgehead atoms. The molecule has 0 spiro atoms. The van der Waals surface area contributed by atoms with Crippen molar-refractivity contribution in [2.24, 2.45) is 5.73 Å². The van der Waals surface area contributed by atoms with Crippen molar-refractivity contribution in [3.8, 4) is 0 Å². The minimum absolute atomic E-state index is 0.0769. The smallest absolute Gasteiger partial charge is 0.0378 e. The molecular formula is C17H26BrN3. The van der Waals surface area contributed by atoms with Gasteiger partial charge < -0.3 is 10.6 Å². The fraction of sp³-hybridized carbons (Fsp3) is 0.647. The van der Waals surface area contributed by atoms with Crippen LogP contribution in [0.25, 0.3) is 0 Å². The van der Waals surface area contributed by atoms with Crippen LogP contribution in [0.4, 0.5) is 5.69 Å². The summed E-state index contributed by atoms with van der Waals surface area (Å²) < 4.78 is 1.14. The molecule has 0 radical (unpaired) electrons. The number of nitrogens with two attached hydrogens (primary N) is 1. The van der Waals surface area contributed by atoms with E-state index in [1.807, 2.05) is 6.92 Å². The highest BCUT2D eigenvalue weighted by Crippen LogP contribution is 2.30. The van der Waals surface area contributed by atoms with Crippen LogP contribution in [0.15, 0.2) is 22.7 Å². The van der Waals surface area contributed by atoms with Gasteiger partial charge in [-0.2, -0.15) is 0 Å². The first-order valence-corrected chi connectivity index (χ1v) is 8.98. The molecule has 0 saturated carbocycles. The van der Waals surface area contributed by atoms with Crippen LogP contribution in [0.2, 0.25) is 0 Å². The average molecular weight is 352 g/mol. The Labute approximate surface area is 136 Å². The van der Waals surface area contributed by atoms with E-state index in [1.54, 1.807) is 0 Å². The van der Waals surface area contributed by atoms with E-state index < -0.39 is 0 Å². The monoisotopic (exact) mass is 351 g/mol. The Morgan fingerprint density at radius 2 is 1.95 bits per heavy atom. The van der Waals surface area contributed by atoms with E-state index in [4.69, 9.17) is 5.73 Å². The van der Waals surface area contributed by atoms with Gasteiger partial charge in [-0.15, -0.1) is 0 Å². The van der Waals surface area contributed by atoms with Gasteiger partial charge in [-0.3, -0.25) is 4.90 Å². The third kappa shape index (κ3) is 3.43. The van der Waals surface area contributed by atoms with Crippen LogP contribution in [-0.4, -0.2) is 37.1 Å². The Bertz CT molecular complexity index is 483. The van der Waals surface area contributed by atoms with Crippen molar-refractivity contribution in [3.63, 3.8) is 0 Å². The van der Waals surface area contributed by atoms with Crippen LogP contribution in [0.1, 0.15) is 44.2 Å². The maximum atomic E-state index is 5.99. The first-order chi connectivity index (χ1) is 10.1. The first kappa shape index (κ1) is 15.3. The number of piperidine rings is 1. The fourth-order valence-corrected chi connectivity index (χ4v) is 4.37. The molecule has 2 fully saturated rings. The third-order valence-corrected chi connectivity index (χ3v) is 5.60. The molecule has 0 amide bonds. The zero-order valence-electron chi connectivity index (χ0n) is 12.9. The first-order valence-electron chi connectivity index (χ1n) is 8.19. The average Bonchev–Trinajstić information content (AvgIpc) is 2.97. The summed E-state index contributed by atoms with van der Waals surface area (Å²) in [6, 6.07) is 7.45. The summed E-state index contributed by atoms with van der Waals surface area (Å²) in [6.07, 6.45) is 5.47. The molecule has 4 heteroatoms. The number of halogens is 1. The second kappa shape index (κ2) is 6.67. The van der Waals surface area contributed by atoms with E-state index in [9.17, 15) is 0 Å². The molecule has 1 unspecified atom stereocenters. The van der Waals surface area contributed by atoms with Crippen LogP contribution in [-0.2, 0) is 0 Å². The zero-order valence-corrected chi connectivity index (χ0v) is 14.5. The second-order valence-electron chi connectivity index (χ2n) is 6.48. The number of hydrogen-bond donors (Lipinski definition) is 1. The summed E-state index contributed by atoms with van der Waals surface area (Å²) in [4.78, 5) is 5.23. The van der Waals surface area contributed by atoms with E-state index in [-0.39, 0.29) is 6.04 Å². The van der Waals surface area contributed by atoms with Gasteiger partial charge in [0, 0.05) is 35.3 Å². The van der Waals surface area contributed by atoms with Gasteiger partial charge in [-0.1, -0.05) is 28.4 Å². The van der Waals surface area contributed by atoms with Crippen molar-refractivity contribution in [2.75, 3.05) is 31.1 Å². The van der Waals surface area contributed by atoms with Crippen molar-refractivity contribution < 1.29 is 0 Å². The molecule has 2 heterocycles. The number of anilines is 1. The van der Waals surface area contributed by atoms with Crippen LogP contribution in [0.3, 0.4) is 0 Å². The fourth-order valence-electron chi connectivity index (χ4n) is 3.64. The summed E-state index contributed by atoms with van der Waals surface area (Å²) in [7, 11) is 0. The van der Waals surface area contributed by atoms with E-state index >= 15 is 0 Å². The molecule has 1 aromatic carbocycles. The maximum absolute atomic E-state index is 5.99. The molecule has 2 atom stereocenters. The topological polar surface area (TPSA) is 32.5 Å². The molecule has 2 aliphatic rings. The van der Waals surface area contributed by atoms with E-state index in [1.165, 1.54) is 63.1 Å². The van der Waals surface area contributed by atoms with Gasteiger partial charge in [-0.05, 0) is 57.0 Å². The highest BCUT2D eigenvalue weighted by molar-refractivity contribution is 9.10. The molecule has 3 rings (SSSR count). The summed E-state index contributed by atoms with van der Waals surface area (Å²) >= 11 is 3.67. The summed E-state index contributed by atoms with van der Waals surface area (Å²) in [5.41, 5.74) is 8.50. The highest BCUT2D eigenvalue weighted by Gasteiger charge is 2.28. The second-order valence-corrected chi connectivity index (χ2v) is 7.33. The van der Waals surface area contributed by atoms with Crippen LogP contribution in [0, 0.1) is 0 Å². The normalized spacial score (nSPS) is 25.3. The third-order valence-electron chi connectivity index (χ3n) is 4.91. The van der Waals surface area contributed by atoms with Gasteiger partial charge in [0.05, 0.1) is 0 Å². The Kier molecular flexibility index (Phi) is 4.87. The lowest BCUT2D eigenvalue weighted by Gasteiger charge is -2.32. The number of hydrogen-bond acceptors (Lipinski definition) is 3. The van der Waals surface area contributed by atoms with Gasteiger partial charge in [0.25, 0.3) is 0 Å². The summed E-state index contributed by atoms with van der Waals surface area (Å²) in [5.74, 6) is 0. The van der Waals surface area contributed by atoms with Gasteiger partial charge >= 0.3 is 0 Å². The molecule has 116 valence electrons. The van der Waals surface area contributed by atoms with Gasteiger partial charge in [0.15, 0.2) is 0 Å². The predicted molar refractivity (Wildman–Crippen MR) is 92.8 cm³/mol. The Morgan fingerprint density at radius 3 is 2.62 bits per heavy atom. The van der Waals surface area contributed by atoms with E-state index in [0.717, 1.165) is 10.5 Å². The lowest BCUT2D eigenvalue weighted by molar-refractivity contribution is 0.175. The van der Waals surface area contributed by atoms with E-state index in [2.05, 4.69) is 43.9 Å². The molecule has 3 nitrogen and oxygen atoms in total. The minimum atomic E-state index is 0.0769. The largest absolute Gasteiger partial charge is 0.370 e. The zero-order chi connectivity index (χ0) is 14.8. The standard InChI is InChI=1S/C17H26BrN3/c1-13(19)16-6-5-14(11-17(16)18)21-10-7-15(12-21)20-8-3-2-4-9-20/h5-6,11,13,15H,2-4,7-10,12,19H2,1H3/t13-,15?/m1/s1. The summed E-state index contributed by atoms with van der Waals surface area (Å²) in [5, 5.41) is 0. The molecular weight excluding hydrogens is 326 g/mol. The van der Waals surface area contributed by atoms with Crippen molar-refractivity contribution >= 4 is 21.6 Å². The Balaban J connectivity index is 1.67. The molecule has 0 aliphatic carbocycles. The predicted octanol–water partition coefficient (Wildman–Crippen LogP) is 3.53. The van der Waals surface area contributed by atoms with Crippen LogP contribution >= 0.6 is 15.9 Å². The molecule has 1 aromatic rings. The van der Waals surface area contributed by atoms with Crippen molar-refractivity contribution in [2.45, 2.75) is 44.7 Å². The van der Waals surface area contributed by atoms with Gasteiger partial charge in [0.1, 0.15) is 0 Å². The molecule has 2 aliphatic heterocycles. The van der Waals surface area contributed by atoms with Crippen molar-refractivity contribution in [1.29, 1.82) is 0 Å². The number of nitrogens with zero attached hydrogens (tertiary/aromatic N) is 2. The Morgan fingerprint density at radius 1 is 1.19 bits per heavy atom.